The van der Waals surface area contributed by atoms with Crippen LogP contribution in [-0.4, -0.2) is 24.7 Å². The Balaban J connectivity index is 3.38. The van der Waals surface area contributed by atoms with Crippen molar-refractivity contribution in [2.45, 2.75) is 13.3 Å². The quantitative estimate of drug-likeness (QED) is 0.620. The zero-order valence-electron chi connectivity index (χ0n) is 9.17. The summed E-state index contributed by atoms with van der Waals surface area (Å²) in [6, 6.07) is 0. The van der Waals surface area contributed by atoms with Crippen LogP contribution in [0.3, 0.4) is 0 Å². The molecule has 1 heterocycles. The van der Waals surface area contributed by atoms with Crippen molar-refractivity contribution >= 4 is 17.6 Å². The van der Waals surface area contributed by atoms with Crippen LogP contribution < -0.4 is 4.74 Å². The number of hydrogen-bond acceptors (Lipinski definition) is 4. The Morgan fingerprint density at radius 2 is 2.24 bits per heavy atom. The molecular formula is C10H10ClF2NO3. The van der Waals surface area contributed by atoms with Crippen LogP contribution in [0.4, 0.5) is 8.78 Å². The Labute approximate surface area is 101 Å². The molecule has 0 fully saturated rings. The van der Waals surface area contributed by atoms with Crippen molar-refractivity contribution in [2.24, 2.45) is 0 Å². The maximum atomic E-state index is 12.7. The molecule has 0 amide bonds. The van der Waals surface area contributed by atoms with E-state index in [0.29, 0.717) is 0 Å². The molecule has 1 aromatic rings. The minimum absolute atomic E-state index is 0.0601. The monoisotopic (exact) mass is 265 g/mol. The van der Waals surface area contributed by atoms with Gasteiger partial charge in [-0.2, -0.15) is 0 Å². The van der Waals surface area contributed by atoms with E-state index in [0.717, 1.165) is 6.20 Å². The van der Waals surface area contributed by atoms with Crippen LogP contribution in [0.15, 0.2) is 6.20 Å². The summed E-state index contributed by atoms with van der Waals surface area (Å²) in [7, 11) is 1.21. The summed E-state index contributed by atoms with van der Waals surface area (Å²) in [5, 5.41) is -0.167. The summed E-state index contributed by atoms with van der Waals surface area (Å²) < 4.78 is 34.9. The summed E-state index contributed by atoms with van der Waals surface area (Å²) in [4.78, 5) is 15.1. The molecule has 0 atom stereocenters. The van der Waals surface area contributed by atoms with Crippen LogP contribution in [0, 0.1) is 0 Å². The molecule has 94 valence electrons. The molecule has 17 heavy (non-hydrogen) atoms. The van der Waals surface area contributed by atoms with Crippen molar-refractivity contribution in [3.63, 3.8) is 0 Å². The van der Waals surface area contributed by atoms with Crippen molar-refractivity contribution < 1.29 is 23.0 Å². The van der Waals surface area contributed by atoms with E-state index >= 15 is 0 Å². The highest BCUT2D eigenvalue weighted by molar-refractivity contribution is 6.31. The second-order valence-corrected chi connectivity index (χ2v) is 3.29. The maximum absolute atomic E-state index is 12.7. The second-order valence-electron chi connectivity index (χ2n) is 2.93. The van der Waals surface area contributed by atoms with E-state index in [4.69, 9.17) is 16.3 Å². The lowest BCUT2D eigenvalue weighted by molar-refractivity contribution is 0.0511. The molecule has 0 radical (unpaired) electrons. The molecule has 1 rings (SSSR count). The van der Waals surface area contributed by atoms with Crippen molar-refractivity contribution in [1.29, 1.82) is 0 Å². The number of pyridine rings is 1. The Bertz CT molecular complexity index is 426. The fourth-order valence-electron chi connectivity index (χ4n) is 1.25. The first kappa shape index (κ1) is 13.6. The molecule has 7 heteroatoms. The van der Waals surface area contributed by atoms with Gasteiger partial charge in [0.1, 0.15) is 5.56 Å². The summed E-state index contributed by atoms with van der Waals surface area (Å²) in [5.74, 6) is -1.12. The zero-order valence-corrected chi connectivity index (χ0v) is 9.92. The highest BCUT2D eigenvalue weighted by Gasteiger charge is 2.26. The standard InChI is InChI=1S/C10H10ClF2NO3/c1-3-17-10(15)6-5(9(12)13)4-14-8(11)7(6)16-2/h4,9H,3H2,1-2H3. The number of carbonyl (C=O) groups is 1. The van der Waals surface area contributed by atoms with Gasteiger partial charge in [0.05, 0.1) is 19.3 Å². The smallest absolute Gasteiger partial charge is 0.342 e. The minimum Gasteiger partial charge on any atom is -0.493 e. The van der Waals surface area contributed by atoms with Crippen LogP contribution in [0.5, 0.6) is 5.75 Å². The van der Waals surface area contributed by atoms with E-state index in [9.17, 15) is 13.6 Å². The van der Waals surface area contributed by atoms with Crippen LogP contribution in [0.25, 0.3) is 0 Å². The lowest BCUT2D eigenvalue weighted by atomic mass is 10.1. The third-order valence-corrected chi connectivity index (χ3v) is 2.21. The minimum atomic E-state index is -2.87. The molecule has 0 N–H and O–H groups in total. The molecule has 1 aromatic heterocycles. The molecule has 4 nitrogen and oxygen atoms in total. The van der Waals surface area contributed by atoms with E-state index in [1.807, 2.05) is 0 Å². The molecule has 0 bridgehead atoms. The summed E-state index contributed by atoms with van der Waals surface area (Å²) in [5.41, 5.74) is -0.950. The molecule has 0 spiro atoms. The van der Waals surface area contributed by atoms with E-state index in [1.54, 1.807) is 6.92 Å². The van der Waals surface area contributed by atoms with Crippen LogP contribution in [-0.2, 0) is 4.74 Å². The summed E-state index contributed by atoms with van der Waals surface area (Å²) in [6.45, 7) is 1.62. The molecular weight excluding hydrogens is 256 g/mol. The Hall–Kier alpha value is -1.43. The number of nitrogens with zero attached hydrogens (tertiary/aromatic N) is 1. The Morgan fingerprint density at radius 3 is 2.71 bits per heavy atom. The van der Waals surface area contributed by atoms with Gasteiger partial charge in [0.2, 0.25) is 0 Å². The van der Waals surface area contributed by atoms with Gasteiger partial charge in [-0.25, -0.2) is 18.6 Å². The van der Waals surface area contributed by atoms with Gasteiger partial charge in [0, 0.05) is 6.20 Å². The number of hydrogen-bond donors (Lipinski definition) is 0. The number of alkyl halides is 2. The van der Waals surface area contributed by atoms with Crippen molar-refractivity contribution in [3.8, 4) is 5.75 Å². The number of methoxy groups -OCH3 is 1. The highest BCUT2D eigenvalue weighted by atomic mass is 35.5. The highest BCUT2D eigenvalue weighted by Crippen LogP contribution is 2.34. The van der Waals surface area contributed by atoms with Crippen molar-refractivity contribution in [3.05, 3.63) is 22.5 Å². The number of esters is 1. The number of rotatable bonds is 4. The first-order valence-corrected chi connectivity index (χ1v) is 5.08. The zero-order chi connectivity index (χ0) is 13.0. The number of aromatic nitrogens is 1. The van der Waals surface area contributed by atoms with Crippen molar-refractivity contribution in [2.75, 3.05) is 13.7 Å². The van der Waals surface area contributed by atoms with Crippen LogP contribution in [0.1, 0.15) is 29.3 Å². The second kappa shape index (κ2) is 5.77. The van der Waals surface area contributed by atoms with E-state index in [2.05, 4.69) is 9.72 Å². The summed E-state index contributed by atoms with van der Waals surface area (Å²) >= 11 is 5.66. The predicted molar refractivity (Wildman–Crippen MR) is 56.7 cm³/mol. The van der Waals surface area contributed by atoms with E-state index < -0.39 is 18.0 Å². The van der Waals surface area contributed by atoms with E-state index in [1.165, 1.54) is 7.11 Å². The molecule has 0 aromatic carbocycles. The average molecular weight is 266 g/mol. The first-order valence-electron chi connectivity index (χ1n) is 4.70. The lowest BCUT2D eigenvalue weighted by Gasteiger charge is -2.12. The SMILES string of the molecule is CCOC(=O)c1c(C(F)F)cnc(Cl)c1OC. The number of carbonyl (C=O) groups excluding carboxylic acids is 1. The molecule has 0 saturated heterocycles. The van der Waals surface area contributed by atoms with E-state index in [-0.39, 0.29) is 23.1 Å². The lowest BCUT2D eigenvalue weighted by Crippen LogP contribution is -2.11. The molecule has 0 saturated carbocycles. The van der Waals surface area contributed by atoms with Crippen LogP contribution in [0.2, 0.25) is 5.15 Å². The molecule has 0 aliphatic heterocycles. The van der Waals surface area contributed by atoms with Gasteiger partial charge in [0.25, 0.3) is 6.43 Å². The van der Waals surface area contributed by atoms with Gasteiger partial charge >= 0.3 is 5.97 Å². The van der Waals surface area contributed by atoms with Gasteiger partial charge in [-0.1, -0.05) is 11.6 Å². The van der Waals surface area contributed by atoms with Gasteiger partial charge in [-0.15, -0.1) is 0 Å². The predicted octanol–water partition coefficient (Wildman–Crippen LogP) is 2.86. The largest absolute Gasteiger partial charge is 0.493 e. The number of halogens is 3. The summed E-state index contributed by atoms with van der Waals surface area (Å²) in [6.07, 6.45) is -2.03. The third kappa shape index (κ3) is 2.82. The molecule has 0 aliphatic rings. The van der Waals surface area contributed by atoms with Gasteiger partial charge < -0.3 is 9.47 Å². The third-order valence-electron chi connectivity index (χ3n) is 1.94. The Kier molecular flexibility index (Phi) is 4.62. The molecule has 0 unspecified atom stereocenters. The van der Waals surface area contributed by atoms with Gasteiger partial charge in [-0.3, -0.25) is 0 Å². The Morgan fingerprint density at radius 1 is 1.59 bits per heavy atom. The van der Waals surface area contributed by atoms with Gasteiger partial charge in [0.15, 0.2) is 10.9 Å². The van der Waals surface area contributed by atoms with Crippen LogP contribution >= 0.6 is 11.6 Å². The normalized spacial score (nSPS) is 10.5. The fraction of sp³-hybridized carbons (Fsp3) is 0.400. The van der Waals surface area contributed by atoms with Gasteiger partial charge in [-0.05, 0) is 6.92 Å². The number of ether oxygens (including phenoxy) is 2. The topological polar surface area (TPSA) is 48.4 Å². The average Bonchev–Trinajstić information content (AvgIpc) is 2.28. The first-order chi connectivity index (χ1) is 8.02. The molecule has 0 aliphatic carbocycles. The van der Waals surface area contributed by atoms with Crippen molar-refractivity contribution in [1.82, 2.24) is 4.98 Å². The fourth-order valence-corrected chi connectivity index (χ4v) is 1.47. The maximum Gasteiger partial charge on any atom is 0.342 e.